The van der Waals surface area contributed by atoms with Crippen LogP contribution in [0, 0.1) is 17.3 Å². The Balaban J connectivity index is 3.28. The lowest BCUT2D eigenvalue weighted by molar-refractivity contribution is 0.0289. The summed E-state index contributed by atoms with van der Waals surface area (Å²) in [5.41, 5.74) is 5.52. The van der Waals surface area contributed by atoms with Crippen LogP contribution in [0.5, 0.6) is 0 Å². The Hall–Kier alpha value is -1.54. The van der Waals surface area contributed by atoms with Gasteiger partial charge in [-0.1, -0.05) is 0 Å². The van der Waals surface area contributed by atoms with Gasteiger partial charge in [-0.05, 0) is 19.1 Å². The maximum absolute atomic E-state index is 10.4. The van der Waals surface area contributed by atoms with E-state index in [0.29, 0.717) is 5.56 Å². The Kier molecular flexibility index (Phi) is 2.77. The van der Waals surface area contributed by atoms with E-state index in [1.807, 2.05) is 0 Å². The molecule has 0 atom stereocenters. The monoisotopic (exact) mass is 199 g/mol. The van der Waals surface area contributed by atoms with Crippen molar-refractivity contribution < 1.29 is 10.4 Å². The highest BCUT2D eigenvalue weighted by atomic mass is 16.8. The van der Waals surface area contributed by atoms with Gasteiger partial charge in [0, 0.05) is 16.9 Å². The highest BCUT2D eigenvalue weighted by Crippen LogP contribution is 2.29. The lowest BCUT2D eigenvalue weighted by Crippen LogP contribution is -2.14. The molecule has 1 aromatic carbocycles. The van der Waals surface area contributed by atoms with E-state index in [-0.39, 0.29) is 22.3 Å². The van der Waals surface area contributed by atoms with Crippen molar-refractivity contribution in [3.63, 3.8) is 0 Å². The summed E-state index contributed by atoms with van der Waals surface area (Å²) < 4.78 is 0. The Bertz CT molecular complexity index is 340. The largest absolute Gasteiger partial charge is 0.769 e. The summed E-state index contributed by atoms with van der Waals surface area (Å²) in [5.74, 6) is 0. The van der Waals surface area contributed by atoms with Crippen molar-refractivity contribution in [3.05, 3.63) is 28.1 Å². The predicted molar refractivity (Wildman–Crippen MR) is 50.9 cm³/mol. The van der Waals surface area contributed by atoms with E-state index in [4.69, 9.17) is 16.1 Å². The SMILES string of the molecule is Cc1c(N)cc(N([O-])[O-])cc1N(O)O. The standard InChI is InChI=1S/C7H9N3O4/c1-4-6(8)2-5(9(11)12)3-7(4)10(13)14/h2-3,13-14H,8H2,1H3/q-2. The van der Waals surface area contributed by atoms with Crippen LogP contribution in [0.3, 0.4) is 0 Å². The molecule has 0 heterocycles. The van der Waals surface area contributed by atoms with Gasteiger partial charge in [0.15, 0.2) is 0 Å². The molecule has 0 unspecified atom stereocenters. The van der Waals surface area contributed by atoms with E-state index in [1.54, 1.807) is 0 Å². The Morgan fingerprint density at radius 3 is 2.29 bits per heavy atom. The summed E-state index contributed by atoms with van der Waals surface area (Å²) in [7, 11) is 0. The van der Waals surface area contributed by atoms with Gasteiger partial charge in [-0.2, -0.15) is 0 Å². The predicted octanol–water partition coefficient (Wildman–Crippen LogP) is 0.964. The third kappa shape index (κ3) is 1.86. The second-order valence-corrected chi connectivity index (χ2v) is 2.73. The fourth-order valence-electron chi connectivity index (χ4n) is 1.02. The third-order valence-corrected chi connectivity index (χ3v) is 1.83. The molecule has 7 nitrogen and oxygen atoms in total. The number of hydrogen-bond donors (Lipinski definition) is 3. The lowest BCUT2D eigenvalue weighted by Gasteiger charge is -2.38. The van der Waals surface area contributed by atoms with Gasteiger partial charge in [0.1, 0.15) is 5.69 Å². The highest BCUT2D eigenvalue weighted by molar-refractivity contribution is 5.71. The van der Waals surface area contributed by atoms with E-state index in [2.05, 4.69) is 0 Å². The number of nitrogen functional groups attached to an aromatic ring is 1. The average molecular weight is 199 g/mol. The maximum atomic E-state index is 10.4. The van der Waals surface area contributed by atoms with Gasteiger partial charge < -0.3 is 21.4 Å². The lowest BCUT2D eigenvalue weighted by atomic mass is 10.1. The van der Waals surface area contributed by atoms with Crippen molar-refractivity contribution in [2.24, 2.45) is 0 Å². The van der Waals surface area contributed by atoms with Crippen LogP contribution in [0.4, 0.5) is 17.1 Å². The molecule has 7 heteroatoms. The van der Waals surface area contributed by atoms with Gasteiger partial charge >= 0.3 is 0 Å². The van der Waals surface area contributed by atoms with Crippen molar-refractivity contribution in [1.82, 2.24) is 0 Å². The average Bonchev–Trinajstić information content (AvgIpc) is 2.08. The van der Waals surface area contributed by atoms with E-state index in [9.17, 15) is 10.4 Å². The van der Waals surface area contributed by atoms with E-state index >= 15 is 0 Å². The van der Waals surface area contributed by atoms with Crippen molar-refractivity contribution in [2.45, 2.75) is 6.92 Å². The number of nitrogens with two attached hydrogens (primary N) is 1. The molecule has 1 rings (SSSR count). The summed E-state index contributed by atoms with van der Waals surface area (Å²) in [5, 5.41) is 37.4. The zero-order chi connectivity index (χ0) is 10.9. The second-order valence-electron chi connectivity index (χ2n) is 2.73. The molecule has 0 fully saturated rings. The van der Waals surface area contributed by atoms with Gasteiger partial charge in [-0.15, -0.1) is 5.23 Å². The van der Waals surface area contributed by atoms with E-state index in [0.717, 1.165) is 12.1 Å². The summed E-state index contributed by atoms with van der Waals surface area (Å²) in [6.45, 7) is 1.52. The topological polar surface area (TPSA) is 119 Å². The Morgan fingerprint density at radius 1 is 1.29 bits per heavy atom. The van der Waals surface area contributed by atoms with Gasteiger partial charge in [-0.25, -0.2) is 0 Å². The molecule has 0 amide bonds. The van der Waals surface area contributed by atoms with Crippen molar-refractivity contribution in [2.75, 3.05) is 16.2 Å². The summed E-state index contributed by atoms with van der Waals surface area (Å²) in [6.07, 6.45) is 0. The molecule has 0 aliphatic heterocycles. The number of rotatable bonds is 2. The molecule has 0 aliphatic rings. The molecule has 0 aromatic heterocycles. The Morgan fingerprint density at radius 2 is 1.86 bits per heavy atom. The summed E-state index contributed by atoms with van der Waals surface area (Å²) in [4.78, 5) is 0. The summed E-state index contributed by atoms with van der Waals surface area (Å²) >= 11 is 0. The number of nitrogens with zero attached hydrogens (tertiary/aromatic N) is 2. The molecular weight excluding hydrogens is 190 g/mol. The van der Waals surface area contributed by atoms with Gasteiger partial charge in [-0.3, -0.25) is 10.4 Å². The molecule has 4 N–H and O–H groups in total. The zero-order valence-corrected chi connectivity index (χ0v) is 7.34. The molecular formula is C7H9N3O4-2. The van der Waals surface area contributed by atoms with Crippen molar-refractivity contribution in [3.8, 4) is 0 Å². The van der Waals surface area contributed by atoms with Crippen LogP contribution in [0.1, 0.15) is 5.56 Å². The van der Waals surface area contributed by atoms with Gasteiger partial charge in [0.25, 0.3) is 0 Å². The van der Waals surface area contributed by atoms with Crippen LogP contribution >= 0.6 is 0 Å². The van der Waals surface area contributed by atoms with E-state index in [1.165, 1.54) is 6.92 Å². The van der Waals surface area contributed by atoms with E-state index < -0.39 is 5.23 Å². The minimum Gasteiger partial charge on any atom is -0.769 e. The number of benzene rings is 1. The maximum Gasteiger partial charge on any atom is 0.101 e. The molecule has 0 saturated heterocycles. The fourth-order valence-corrected chi connectivity index (χ4v) is 1.02. The molecule has 0 radical (unpaired) electrons. The molecule has 1 aromatic rings. The molecule has 78 valence electrons. The third-order valence-electron chi connectivity index (χ3n) is 1.83. The summed E-state index contributed by atoms with van der Waals surface area (Å²) in [6, 6.07) is 2.17. The van der Waals surface area contributed by atoms with Crippen LogP contribution in [0.2, 0.25) is 0 Å². The molecule has 0 spiro atoms. The van der Waals surface area contributed by atoms with Crippen LogP contribution in [0.15, 0.2) is 12.1 Å². The molecule has 14 heavy (non-hydrogen) atoms. The quantitative estimate of drug-likeness (QED) is 0.479. The number of hydrogen-bond acceptors (Lipinski definition) is 7. The minimum absolute atomic E-state index is 0.114. The van der Waals surface area contributed by atoms with Crippen molar-refractivity contribution in [1.29, 1.82) is 0 Å². The van der Waals surface area contributed by atoms with Crippen LogP contribution in [-0.4, -0.2) is 10.4 Å². The first-order chi connectivity index (χ1) is 6.43. The van der Waals surface area contributed by atoms with Crippen molar-refractivity contribution >= 4 is 17.1 Å². The normalized spacial score (nSPS) is 10.1. The van der Waals surface area contributed by atoms with Crippen LogP contribution in [-0.2, 0) is 0 Å². The van der Waals surface area contributed by atoms with Gasteiger partial charge in [0.05, 0.1) is 0 Å². The van der Waals surface area contributed by atoms with Gasteiger partial charge in [0.2, 0.25) is 0 Å². The zero-order valence-electron chi connectivity index (χ0n) is 7.34. The second kappa shape index (κ2) is 3.68. The first kappa shape index (κ1) is 10.5. The first-order valence-electron chi connectivity index (χ1n) is 3.66. The first-order valence-corrected chi connectivity index (χ1v) is 3.66. The molecule has 0 bridgehead atoms. The highest BCUT2D eigenvalue weighted by Gasteiger charge is 2.08. The van der Waals surface area contributed by atoms with Crippen LogP contribution < -0.4 is 16.2 Å². The number of anilines is 3. The van der Waals surface area contributed by atoms with Crippen LogP contribution in [0.25, 0.3) is 0 Å². The fraction of sp³-hybridized carbons (Fsp3) is 0.143. The molecule has 0 aliphatic carbocycles. The minimum atomic E-state index is -0.664. The Labute approximate surface area is 79.6 Å². The molecule has 0 saturated carbocycles. The smallest absolute Gasteiger partial charge is 0.101 e.